The summed E-state index contributed by atoms with van der Waals surface area (Å²) in [6.45, 7) is 6.79. The molecular weight excluding hydrogens is 244 g/mol. The lowest BCUT2D eigenvalue weighted by Gasteiger charge is -2.07. The van der Waals surface area contributed by atoms with Crippen LogP contribution in [0, 0.1) is 0 Å². The lowest BCUT2D eigenvalue weighted by molar-refractivity contribution is 0.159. The summed E-state index contributed by atoms with van der Waals surface area (Å²) in [6, 6.07) is 7.61. The largest absolute Gasteiger partial charge is 0.494 e. The van der Waals surface area contributed by atoms with Crippen molar-refractivity contribution in [2.75, 3.05) is 20.3 Å². The third-order valence-corrected chi connectivity index (χ3v) is 2.29. The van der Waals surface area contributed by atoms with Crippen molar-refractivity contribution in [3.05, 3.63) is 29.8 Å². The Morgan fingerprint density at radius 1 is 1.05 bits per heavy atom. The summed E-state index contributed by atoms with van der Waals surface area (Å²) in [5, 5.41) is 7.96. The van der Waals surface area contributed by atoms with Gasteiger partial charge in [0.1, 0.15) is 30.9 Å². The van der Waals surface area contributed by atoms with Crippen molar-refractivity contribution >= 4 is 11.4 Å². The van der Waals surface area contributed by atoms with Crippen molar-refractivity contribution in [1.29, 1.82) is 0 Å². The normalized spacial score (nSPS) is 12.2. The van der Waals surface area contributed by atoms with Crippen molar-refractivity contribution in [2.24, 2.45) is 10.3 Å². The molecule has 0 aromatic heterocycles. The average Bonchev–Trinajstić information content (AvgIpc) is 2.41. The van der Waals surface area contributed by atoms with Crippen LogP contribution in [0.15, 0.2) is 34.6 Å². The Morgan fingerprint density at radius 3 is 2.26 bits per heavy atom. The summed E-state index contributed by atoms with van der Waals surface area (Å²) < 4.78 is 5.40. The van der Waals surface area contributed by atoms with E-state index in [2.05, 4.69) is 10.3 Å². The topological polar surface area (TPSA) is 52.4 Å². The van der Waals surface area contributed by atoms with Crippen LogP contribution in [-0.4, -0.2) is 31.7 Å². The van der Waals surface area contributed by atoms with Gasteiger partial charge in [0.2, 0.25) is 0 Å². The average molecular weight is 264 g/mol. The second-order valence-electron chi connectivity index (χ2n) is 3.67. The highest BCUT2D eigenvalue weighted by Crippen LogP contribution is 2.13. The van der Waals surface area contributed by atoms with Crippen molar-refractivity contribution in [1.82, 2.24) is 0 Å². The van der Waals surface area contributed by atoms with E-state index in [1.807, 2.05) is 45.0 Å². The van der Waals surface area contributed by atoms with Gasteiger partial charge in [-0.2, -0.15) is 0 Å². The van der Waals surface area contributed by atoms with Gasteiger partial charge in [0.25, 0.3) is 0 Å². The molecule has 0 bridgehead atoms. The van der Waals surface area contributed by atoms with E-state index in [9.17, 15) is 0 Å². The third-order valence-electron chi connectivity index (χ3n) is 2.29. The fourth-order valence-corrected chi connectivity index (χ4v) is 1.51. The van der Waals surface area contributed by atoms with E-state index in [-0.39, 0.29) is 0 Å². The van der Waals surface area contributed by atoms with Gasteiger partial charge in [-0.05, 0) is 45.0 Å². The highest BCUT2D eigenvalue weighted by molar-refractivity contribution is 6.47. The molecule has 1 rings (SSSR count). The smallest absolute Gasteiger partial charge is 0.134 e. The molecule has 104 valence electrons. The first-order chi connectivity index (χ1) is 9.22. The SMILES string of the molecule is CCO/N=C(/C(C)=N/OC)c1ccc(OCC)cc1. The molecule has 1 aromatic rings. The summed E-state index contributed by atoms with van der Waals surface area (Å²) >= 11 is 0. The summed E-state index contributed by atoms with van der Waals surface area (Å²) in [5.41, 5.74) is 2.20. The molecule has 1 aromatic carbocycles. The van der Waals surface area contributed by atoms with Crippen molar-refractivity contribution in [3.8, 4) is 5.75 Å². The zero-order valence-corrected chi connectivity index (χ0v) is 11.8. The second kappa shape index (κ2) is 8.13. The van der Waals surface area contributed by atoms with E-state index in [1.165, 1.54) is 7.11 Å². The molecular formula is C14H20N2O3. The van der Waals surface area contributed by atoms with E-state index in [1.54, 1.807) is 0 Å². The van der Waals surface area contributed by atoms with Gasteiger partial charge in [-0.25, -0.2) is 0 Å². The monoisotopic (exact) mass is 264 g/mol. The van der Waals surface area contributed by atoms with Gasteiger partial charge >= 0.3 is 0 Å². The van der Waals surface area contributed by atoms with Gasteiger partial charge in [0.15, 0.2) is 0 Å². The first kappa shape index (κ1) is 15.0. The Bertz CT molecular complexity index is 439. The molecule has 0 spiro atoms. The summed E-state index contributed by atoms with van der Waals surface area (Å²) in [6.07, 6.45) is 0. The molecule has 0 fully saturated rings. The Kier molecular flexibility index (Phi) is 6.43. The molecule has 0 radical (unpaired) electrons. The number of benzene rings is 1. The molecule has 0 atom stereocenters. The summed E-state index contributed by atoms with van der Waals surface area (Å²) in [5.74, 6) is 0.823. The molecule has 0 aliphatic carbocycles. The highest BCUT2D eigenvalue weighted by atomic mass is 16.6. The van der Waals surface area contributed by atoms with Gasteiger partial charge < -0.3 is 14.4 Å². The zero-order valence-electron chi connectivity index (χ0n) is 11.8. The minimum absolute atomic E-state index is 0.501. The Hall–Kier alpha value is -2.04. The highest BCUT2D eigenvalue weighted by Gasteiger charge is 2.09. The van der Waals surface area contributed by atoms with E-state index in [0.29, 0.717) is 24.6 Å². The number of rotatable bonds is 7. The number of ether oxygens (including phenoxy) is 1. The standard InChI is InChI=1S/C14H20N2O3/c1-5-18-13-9-7-12(8-10-13)14(16-19-6-2)11(3)15-17-4/h7-10H,5-6H2,1-4H3/b15-11+,16-14-. The maximum Gasteiger partial charge on any atom is 0.134 e. The lowest BCUT2D eigenvalue weighted by atomic mass is 10.1. The predicted octanol–water partition coefficient (Wildman–Crippen LogP) is 2.85. The van der Waals surface area contributed by atoms with Crippen LogP contribution in [-0.2, 0) is 9.68 Å². The predicted molar refractivity (Wildman–Crippen MR) is 75.9 cm³/mol. The first-order valence-electron chi connectivity index (χ1n) is 6.24. The lowest BCUT2D eigenvalue weighted by Crippen LogP contribution is -2.13. The molecule has 5 heteroatoms. The van der Waals surface area contributed by atoms with E-state index in [4.69, 9.17) is 14.4 Å². The Balaban J connectivity index is 3.00. The van der Waals surface area contributed by atoms with Crippen LogP contribution in [0.25, 0.3) is 0 Å². The van der Waals surface area contributed by atoms with Gasteiger partial charge in [0.05, 0.1) is 6.61 Å². The summed E-state index contributed by atoms with van der Waals surface area (Å²) in [4.78, 5) is 9.89. The molecule has 0 aliphatic rings. The van der Waals surface area contributed by atoms with E-state index < -0.39 is 0 Å². The van der Waals surface area contributed by atoms with Crippen LogP contribution < -0.4 is 4.74 Å². The number of oxime groups is 2. The Labute approximate surface area is 113 Å². The van der Waals surface area contributed by atoms with E-state index >= 15 is 0 Å². The fourth-order valence-electron chi connectivity index (χ4n) is 1.51. The minimum atomic E-state index is 0.501. The number of hydrogen-bond donors (Lipinski definition) is 0. The van der Waals surface area contributed by atoms with Crippen LogP contribution in [0.5, 0.6) is 5.75 Å². The minimum Gasteiger partial charge on any atom is -0.494 e. The molecule has 5 nitrogen and oxygen atoms in total. The molecule has 0 amide bonds. The number of hydrogen-bond acceptors (Lipinski definition) is 5. The van der Waals surface area contributed by atoms with Crippen molar-refractivity contribution in [3.63, 3.8) is 0 Å². The quantitative estimate of drug-likeness (QED) is 0.562. The van der Waals surface area contributed by atoms with Gasteiger partial charge in [0, 0.05) is 5.56 Å². The van der Waals surface area contributed by atoms with Crippen molar-refractivity contribution in [2.45, 2.75) is 20.8 Å². The molecule has 0 unspecified atom stereocenters. The maximum absolute atomic E-state index is 5.40. The van der Waals surface area contributed by atoms with Crippen LogP contribution in [0.3, 0.4) is 0 Å². The molecule has 0 aliphatic heterocycles. The molecule has 19 heavy (non-hydrogen) atoms. The molecule has 0 saturated carbocycles. The Morgan fingerprint density at radius 2 is 1.74 bits per heavy atom. The maximum atomic E-state index is 5.40. The molecule has 0 saturated heterocycles. The van der Waals surface area contributed by atoms with Crippen LogP contribution in [0.4, 0.5) is 0 Å². The molecule has 0 N–H and O–H groups in total. The molecule has 0 heterocycles. The van der Waals surface area contributed by atoms with Crippen molar-refractivity contribution < 1.29 is 14.4 Å². The van der Waals surface area contributed by atoms with Crippen LogP contribution in [0.2, 0.25) is 0 Å². The van der Waals surface area contributed by atoms with Crippen LogP contribution >= 0.6 is 0 Å². The summed E-state index contributed by atoms with van der Waals surface area (Å²) in [7, 11) is 1.50. The van der Waals surface area contributed by atoms with Gasteiger partial charge in [-0.1, -0.05) is 10.3 Å². The van der Waals surface area contributed by atoms with E-state index in [0.717, 1.165) is 11.3 Å². The first-order valence-corrected chi connectivity index (χ1v) is 6.24. The third kappa shape index (κ3) is 4.62. The van der Waals surface area contributed by atoms with Crippen LogP contribution in [0.1, 0.15) is 26.3 Å². The number of nitrogens with zero attached hydrogens (tertiary/aromatic N) is 2. The second-order valence-corrected chi connectivity index (χ2v) is 3.67. The van der Waals surface area contributed by atoms with Gasteiger partial charge in [-0.3, -0.25) is 0 Å². The fraction of sp³-hybridized carbons (Fsp3) is 0.429. The zero-order chi connectivity index (χ0) is 14.1. The van der Waals surface area contributed by atoms with Gasteiger partial charge in [-0.15, -0.1) is 0 Å².